The molecule has 1 saturated carbocycles. The number of aromatic nitrogens is 1. The highest BCUT2D eigenvalue weighted by molar-refractivity contribution is 5.97. The lowest BCUT2D eigenvalue weighted by atomic mass is 9.81. The number of pyridine rings is 1. The summed E-state index contributed by atoms with van der Waals surface area (Å²) in [5.74, 6) is -1.38. The van der Waals surface area contributed by atoms with Crippen LogP contribution in [-0.4, -0.2) is 16.8 Å². The molecule has 1 aromatic carbocycles. The van der Waals surface area contributed by atoms with Gasteiger partial charge in [0.25, 0.3) is 0 Å². The van der Waals surface area contributed by atoms with Crippen LogP contribution in [0.3, 0.4) is 0 Å². The number of rotatable bonds is 5. The minimum atomic E-state index is -0.422. The van der Waals surface area contributed by atoms with Crippen LogP contribution in [0.5, 0.6) is 0 Å². The summed E-state index contributed by atoms with van der Waals surface area (Å²) in [6.45, 7) is 0.337. The van der Waals surface area contributed by atoms with E-state index in [-0.39, 0.29) is 29.5 Å². The third-order valence-electron chi connectivity index (χ3n) is 5.35. The number of anilines is 1. The number of fused-ring (bicyclic) bond motifs is 2. The van der Waals surface area contributed by atoms with Crippen LogP contribution in [0.1, 0.15) is 12.1 Å². The zero-order chi connectivity index (χ0) is 18.8. The van der Waals surface area contributed by atoms with Gasteiger partial charge < -0.3 is 10.6 Å². The van der Waals surface area contributed by atoms with Gasteiger partial charge in [0.05, 0.1) is 24.1 Å². The fourth-order valence-electron chi connectivity index (χ4n) is 4.09. The Morgan fingerprint density at radius 3 is 2.37 bits per heavy atom. The van der Waals surface area contributed by atoms with Gasteiger partial charge in [0.1, 0.15) is 5.82 Å². The maximum absolute atomic E-state index is 13.1. The van der Waals surface area contributed by atoms with E-state index in [0.29, 0.717) is 12.2 Å². The summed E-state index contributed by atoms with van der Waals surface area (Å²) in [7, 11) is 0. The fourth-order valence-corrected chi connectivity index (χ4v) is 4.09. The van der Waals surface area contributed by atoms with Crippen molar-refractivity contribution < 1.29 is 14.0 Å². The molecular weight excluding hydrogens is 345 g/mol. The molecule has 6 heteroatoms. The molecule has 0 aliphatic heterocycles. The topological polar surface area (TPSA) is 71.1 Å². The van der Waals surface area contributed by atoms with Crippen LogP contribution in [-0.2, 0) is 16.1 Å². The van der Waals surface area contributed by atoms with Gasteiger partial charge in [-0.3, -0.25) is 14.6 Å². The number of nitrogens with one attached hydrogen (secondary N) is 2. The van der Waals surface area contributed by atoms with E-state index >= 15 is 0 Å². The average Bonchev–Trinajstić information content (AvgIpc) is 3.30. The highest BCUT2D eigenvalue weighted by atomic mass is 19.1. The van der Waals surface area contributed by atoms with Crippen molar-refractivity contribution in [3.05, 3.63) is 72.3 Å². The highest BCUT2D eigenvalue weighted by Crippen LogP contribution is 2.48. The van der Waals surface area contributed by atoms with Crippen LogP contribution >= 0.6 is 0 Å². The van der Waals surface area contributed by atoms with Crippen LogP contribution in [0, 0.1) is 29.5 Å². The normalized spacial score (nSPS) is 25.4. The van der Waals surface area contributed by atoms with E-state index in [2.05, 4.69) is 15.6 Å². The van der Waals surface area contributed by atoms with Gasteiger partial charge in [0.15, 0.2) is 0 Å². The third-order valence-corrected chi connectivity index (χ3v) is 5.35. The fraction of sp³-hybridized carbons (Fsp3) is 0.286. The molecule has 2 aliphatic carbocycles. The van der Waals surface area contributed by atoms with Crippen molar-refractivity contribution in [2.24, 2.45) is 23.7 Å². The monoisotopic (exact) mass is 365 g/mol. The van der Waals surface area contributed by atoms with Gasteiger partial charge in [0.2, 0.25) is 11.8 Å². The smallest absolute Gasteiger partial charge is 0.228 e. The largest absolute Gasteiger partial charge is 0.350 e. The number of benzene rings is 1. The quantitative estimate of drug-likeness (QED) is 0.801. The Balaban J connectivity index is 1.45. The molecule has 0 unspecified atom stereocenters. The first-order valence-electron chi connectivity index (χ1n) is 9.04. The molecule has 138 valence electrons. The Kier molecular flexibility index (Phi) is 4.71. The summed E-state index contributed by atoms with van der Waals surface area (Å²) in [5.41, 5.74) is 1.30. The van der Waals surface area contributed by atoms with E-state index < -0.39 is 11.8 Å². The number of hydrogen-bond donors (Lipinski definition) is 2. The van der Waals surface area contributed by atoms with Crippen molar-refractivity contribution >= 4 is 17.5 Å². The lowest BCUT2D eigenvalue weighted by Crippen LogP contribution is -2.41. The van der Waals surface area contributed by atoms with Gasteiger partial charge in [-0.25, -0.2) is 4.39 Å². The molecule has 2 bridgehead atoms. The molecule has 0 saturated heterocycles. The lowest BCUT2D eigenvalue weighted by Gasteiger charge is -2.26. The second-order valence-corrected chi connectivity index (χ2v) is 7.03. The summed E-state index contributed by atoms with van der Waals surface area (Å²) in [6.07, 6.45) is 6.56. The van der Waals surface area contributed by atoms with Crippen LogP contribution in [0.15, 0.2) is 60.8 Å². The van der Waals surface area contributed by atoms with E-state index in [1.165, 1.54) is 24.3 Å². The Bertz CT molecular complexity index is 867. The number of hydrogen-bond acceptors (Lipinski definition) is 3. The third kappa shape index (κ3) is 3.60. The van der Waals surface area contributed by atoms with Crippen molar-refractivity contribution in [3.63, 3.8) is 0 Å². The van der Waals surface area contributed by atoms with Crippen LogP contribution in [0.25, 0.3) is 0 Å². The van der Waals surface area contributed by atoms with E-state index in [1.807, 2.05) is 30.4 Å². The predicted molar refractivity (Wildman–Crippen MR) is 98.8 cm³/mol. The molecule has 1 fully saturated rings. The average molecular weight is 365 g/mol. The Labute approximate surface area is 156 Å². The van der Waals surface area contributed by atoms with Gasteiger partial charge in [0, 0.05) is 11.9 Å². The highest BCUT2D eigenvalue weighted by Gasteiger charge is 2.51. The number of carbonyl (C=O) groups is 2. The van der Waals surface area contributed by atoms with E-state index in [0.717, 1.165) is 12.1 Å². The Morgan fingerprint density at radius 1 is 1.00 bits per heavy atom. The molecule has 2 aromatic rings. The van der Waals surface area contributed by atoms with Crippen molar-refractivity contribution in [1.29, 1.82) is 0 Å². The molecule has 5 nitrogen and oxygen atoms in total. The van der Waals surface area contributed by atoms with Crippen LogP contribution < -0.4 is 10.6 Å². The second kappa shape index (κ2) is 7.31. The minimum Gasteiger partial charge on any atom is -0.350 e. The molecule has 1 heterocycles. The van der Waals surface area contributed by atoms with Gasteiger partial charge in [-0.2, -0.15) is 0 Å². The summed E-state index contributed by atoms with van der Waals surface area (Å²) in [6, 6.07) is 11.2. The second-order valence-electron chi connectivity index (χ2n) is 7.03. The van der Waals surface area contributed by atoms with Gasteiger partial charge in [-0.05, 0) is 54.7 Å². The summed E-state index contributed by atoms with van der Waals surface area (Å²) in [4.78, 5) is 29.9. The van der Waals surface area contributed by atoms with E-state index in [9.17, 15) is 14.0 Å². The first-order chi connectivity index (χ1) is 13.1. The molecule has 2 amide bonds. The zero-order valence-corrected chi connectivity index (χ0v) is 14.6. The SMILES string of the molecule is O=C(Nc1ccc(F)cc1)[C@@H]1[C@H](C(=O)NCc2ccccn2)[C@H]2C=C[C@H]1C2. The number of amides is 2. The van der Waals surface area contributed by atoms with Crippen LogP contribution in [0.2, 0.25) is 0 Å². The Morgan fingerprint density at radius 2 is 1.70 bits per heavy atom. The molecule has 27 heavy (non-hydrogen) atoms. The minimum absolute atomic E-state index is 0.0565. The lowest BCUT2D eigenvalue weighted by molar-refractivity contribution is -0.133. The zero-order valence-electron chi connectivity index (χ0n) is 14.6. The van der Waals surface area contributed by atoms with Crippen molar-refractivity contribution in [2.75, 3.05) is 5.32 Å². The van der Waals surface area contributed by atoms with Crippen molar-refractivity contribution in [1.82, 2.24) is 10.3 Å². The molecular formula is C21H20FN3O2. The molecule has 2 N–H and O–H groups in total. The van der Waals surface area contributed by atoms with Crippen LogP contribution in [0.4, 0.5) is 10.1 Å². The molecule has 4 rings (SSSR count). The van der Waals surface area contributed by atoms with Crippen molar-refractivity contribution in [2.45, 2.75) is 13.0 Å². The molecule has 0 spiro atoms. The summed E-state index contributed by atoms with van der Waals surface area (Å²) < 4.78 is 13.1. The maximum Gasteiger partial charge on any atom is 0.228 e. The van der Waals surface area contributed by atoms with E-state index in [4.69, 9.17) is 0 Å². The first-order valence-corrected chi connectivity index (χ1v) is 9.04. The molecule has 2 aliphatic rings. The Hall–Kier alpha value is -3.02. The summed E-state index contributed by atoms with van der Waals surface area (Å²) in [5, 5.41) is 5.74. The molecule has 0 radical (unpaired) electrons. The number of nitrogens with zero attached hydrogens (tertiary/aromatic N) is 1. The number of allylic oxidation sites excluding steroid dienone is 2. The predicted octanol–water partition coefficient (Wildman–Crippen LogP) is 2.91. The first kappa shape index (κ1) is 17.4. The summed E-state index contributed by atoms with van der Waals surface area (Å²) >= 11 is 0. The molecule has 1 aromatic heterocycles. The maximum atomic E-state index is 13.1. The number of halogens is 1. The van der Waals surface area contributed by atoms with Gasteiger partial charge >= 0.3 is 0 Å². The van der Waals surface area contributed by atoms with Crippen molar-refractivity contribution in [3.8, 4) is 0 Å². The van der Waals surface area contributed by atoms with Gasteiger partial charge in [-0.1, -0.05) is 18.2 Å². The molecule has 4 atom stereocenters. The standard InChI is InChI=1S/C21H20FN3O2/c22-15-6-8-16(9-7-15)25-21(27)19-14-5-4-13(11-14)18(19)20(26)24-12-17-3-1-2-10-23-17/h1-10,13-14,18-19H,11-12H2,(H,24,26)(H,25,27)/t13-,14-,18+,19-/m0/s1. The number of carbonyl (C=O) groups excluding carboxylic acids is 2. The van der Waals surface area contributed by atoms with E-state index in [1.54, 1.807) is 6.20 Å². The van der Waals surface area contributed by atoms with Gasteiger partial charge in [-0.15, -0.1) is 0 Å².